The van der Waals surface area contributed by atoms with Gasteiger partial charge in [0.15, 0.2) is 0 Å². The molecule has 21 heavy (non-hydrogen) atoms. The van der Waals surface area contributed by atoms with Crippen molar-refractivity contribution in [1.82, 2.24) is 14.0 Å². The fraction of sp³-hybridized carbons (Fsp3) is 0.769. The molecule has 1 atom stereocenters. The Kier molecular flexibility index (Phi) is 6.12. The summed E-state index contributed by atoms with van der Waals surface area (Å²) in [5.41, 5.74) is 1.01. The zero-order valence-corrected chi connectivity index (χ0v) is 14.2. The van der Waals surface area contributed by atoms with E-state index in [0.29, 0.717) is 19.7 Å². The standard InChI is InChI=1S/C13H23N3O3S2/c1-3-12-10-20-13(15-12)7-14-21(17,18)16-6-4-5-11(8-16)9-19-2/h10-11,14H,3-9H2,1-2H3. The number of methoxy groups -OCH3 is 1. The van der Waals surface area contributed by atoms with E-state index in [2.05, 4.69) is 9.71 Å². The molecule has 0 saturated carbocycles. The first-order valence-corrected chi connectivity index (χ1v) is 9.54. The Morgan fingerprint density at radius 2 is 2.38 bits per heavy atom. The van der Waals surface area contributed by atoms with Crippen molar-refractivity contribution in [2.75, 3.05) is 26.8 Å². The van der Waals surface area contributed by atoms with Crippen LogP contribution in [0, 0.1) is 5.92 Å². The van der Waals surface area contributed by atoms with Crippen molar-refractivity contribution in [3.05, 3.63) is 16.1 Å². The van der Waals surface area contributed by atoms with Crippen LogP contribution < -0.4 is 4.72 Å². The average molecular weight is 333 g/mol. The van der Waals surface area contributed by atoms with Crippen molar-refractivity contribution in [3.63, 3.8) is 0 Å². The summed E-state index contributed by atoms with van der Waals surface area (Å²) in [5, 5.41) is 2.78. The van der Waals surface area contributed by atoms with E-state index in [1.807, 2.05) is 12.3 Å². The Labute approximate surface area is 130 Å². The third kappa shape index (κ3) is 4.72. The van der Waals surface area contributed by atoms with Crippen LogP contribution in [0.4, 0.5) is 0 Å². The van der Waals surface area contributed by atoms with Gasteiger partial charge >= 0.3 is 0 Å². The number of rotatable bonds is 7. The molecule has 0 spiro atoms. The number of piperidine rings is 1. The van der Waals surface area contributed by atoms with Crippen LogP contribution in [-0.4, -0.2) is 44.5 Å². The molecule has 6 nitrogen and oxygen atoms in total. The summed E-state index contributed by atoms with van der Waals surface area (Å²) in [6.07, 6.45) is 2.77. The van der Waals surface area contributed by atoms with Crippen molar-refractivity contribution in [1.29, 1.82) is 0 Å². The zero-order chi connectivity index (χ0) is 15.3. The van der Waals surface area contributed by atoms with Gasteiger partial charge in [-0.2, -0.15) is 17.4 Å². The molecule has 1 unspecified atom stereocenters. The van der Waals surface area contributed by atoms with Crippen LogP contribution in [0.1, 0.15) is 30.5 Å². The molecule has 2 rings (SSSR count). The van der Waals surface area contributed by atoms with Gasteiger partial charge in [0.2, 0.25) is 0 Å². The lowest BCUT2D eigenvalue weighted by Crippen LogP contribution is -2.46. The van der Waals surface area contributed by atoms with Crippen LogP contribution >= 0.6 is 11.3 Å². The summed E-state index contributed by atoms with van der Waals surface area (Å²) in [4.78, 5) is 4.37. The predicted molar refractivity (Wildman–Crippen MR) is 83.4 cm³/mol. The lowest BCUT2D eigenvalue weighted by atomic mass is 10.0. The normalized spacial score (nSPS) is 20.8. The Balaban J connectivity index is 1.91. The lowest BCUT2D eigenvalue weighted by molar-refractivity contribution is 0.118. The highest BCUT2D eigenvalue weighted by Gasteiger charge is 2.28. The van der Waals surface area contributed by atoms with Gasteiger partial charge in [-0.3, -0.25) is 0 Å². The van der Waals surface area contributed by atoms with Crippen molar-refractivity contribution < 1.29 is 13.2 Å². The molecule has 1 aliphatic heterocycles. The monoisotopic (exact) mass is 333 g/mol. The van der Waals surface area contributed by atoms with Gasteiger partial charge in [-0.25, -0.2) is 4.98 Å². The minimum Gasteiger partial charge on any atom is -0.384 e. The second kappa shape index (κ2) is 7.64. The molecule has 0 radical (unpaired) electrons. The van der Waals surface area contributed by atoms with Gasteiger partial charge in [0, 0.05) is 25.6 Å². The highest BCUT2D eigenvalue weighted by atomic mass is 32.2. The molecule has 2 heterocycles. The van der Waals surface area contributed by atoms with Crippen molar-refractivity contribution in [2.45, 2.75) is 32.7 Å². The lowest BCUT2D eigenvalue weighted by Gasteiger charge is -2.31. The number of aryl methyl sites for hydroxylation is 1. The summed E-state index contributed by atoms with van der Waals surface area (Å²) < 4.78 is 34.0. The second-order valence-corrected chi connectivity index (χ2v) is 7.93. The quantitative estimate of drug-likeness (QED) is 0.819. The molecular weight excluding hydrogens is 310 g/mol. The van der Waals surface area contributed by atoms with E-state index in [4.69, 9.17) is 4.74 Å². The van der Waals surface area contributed by atoms with E-state index in [9.17, 15) is 8.42 Å². The second-order valence-electron chi connectivity index (χ2n) is 5.23. The van der Waals surface area contributed by atoms with Crippen LogP contribution in [0.2, 0.25) is 0 Å². The Hall–Kier alpha value is -0.540. The summed E-state index contributed by atoms with van der Waals surface area (Å²) in [6.45, 7) is 4.01. The van der Waals surface area contributed by atoms with Gasteiger partial charge in [0.05, 0.1) is 18.8 Å². The van der Waals surface area contributed by atoms with Gasteiger partial charge in [-0.15, -0.1) is 11.3 Å². The third-order valence-corrected chi connectivity index (χ3v) is 6.01. The molecule has 120 valence electrons. The number of hydrogen-bond acceptors (Lipinski definition) is 5. The molecule has 1 saturated heterocycles. The third-order valence-electron chi connectivity index (χ3n) is 3.59. The molecule has 1 aromatic rings. The zero-order valence-electron chi connectivity index (χ0n) is 12.5. The Morgan fingerprint density at radius 1 is 1.57 bits per heavy atom. The largest absolute Gasteiger partial charge is 0.384 e. The number of hydrogen-bond donors (Lipinski definition) is 1. The minimum atomic E-state index is -3.44. The van der Waals surface area contributed by atoms with E-state index in [-0.39, 0.29) is 12.5 Å². The average Bonchev–Trinajstić information content (AvgIpc) is 2.94. The van der Waals surface area contributed by atoms with Crippen molar-refractivity contribution in [3.8, 4) is 0 Å². The molecule has 0 bridgehead atoms. The summed E-state index contributed by atoms with van der Waals surface area (Å²) in [7, 11) is -1.78. The maximum Gasteiger partial charge on any atom is 0.279 e. The topological polar surface area (TPSA) is 71.5 Å². The van der Waals surface area contributed by atoms with E-state index >= 15 is 0 Å². The van der Waals surface area contributed by atoms with Gasteiger partial charge in [-0.05, 0) is 25.2 Å². The molecule has 8 heteroatoms. The molecule has 1 N–H and O–H groups in total. The van der Waals surface area contributed by atoms with Crippen LogP contribution in [0.15, 0.2) is 5.38 Å². The van der Waals surface area contributed by atoms with E-state index in [0.717, 1.165) is 30.0 Å². The SMILES string of the molecule is CCc1csc(CNS(=O)(=O)N2CCCC(COC)C2)n1. The highest BCUT2D eigenvalue weighted by Crippen LogP contribution is 2.19. The number of thiazole rings is 1. The maximum absolute atomic E-state index is 12.3. The molecule has 1 aromatic heterocycles. The number of nitrogens with one attached hydrogen (secondary N) is 1. The Morgan fingerprint density at radius 3 is 3.05 bits per heavy atom. The van der Waals surface area contributed by atoms with Crippen LogP contribution in [0.5, 0.6) is 0 Å². The van der Waals surface area contributed by atoms with Crippen LogP contribution in [-0.2, 0) is 27.9 Å². The summed E-state index contributed by atoms with van der Waals surface area (Å²) >= 11 is 1.49. The molecule has 1 aliphatic rings. The fourth-order valence-corrected chi connectivity index (χ4v) is 4.64. The van der Waals surface area contributed by atoms with Gasteiger partial charge in [-0.1, -0.05) is 6.92 Å². The minimum absolute atomic E-state index is 0.262. The van der Waals surface area contributed by atoms with E-state index in [1.165, 1.54) is 15.6 Å². The van der Waals surface area contributed by atoms with Gasteiger partial charge in [0.25, 0.3) is 10.2 Å². The predicted octanol–water partition coefficient (Wildman–Crippen LogP) is 1.40. The van der Waals surface area contributed by atoms with Crippen LogP contribution in [0.25, 0.3) is 0 Å². The molecule has 1 fully saturated rings. The number of nitrogens with zero attached hydrogens (tertiary/aromatic N) is 2. The van der Waals surface area contributed by atoms with Crippen molar-refractivity contribution >= 4 is 21.5 Å². The molecular formula is C13H23N3O3S2. The Bertz CT molecular complexity index is 543. The number of ether oxygens (including phenoxy) is 1. The molecule has 0 aliphatic carbocycles. The van der Waals surface area contributed by atoms with Gasteiger partial charge < -0.3 is 4.74 Å². The first-order chi connectivity index (χ1) is 10.0. The first kappa shape index (κ1) is 16.8. The maximum atomic E-state index is 12.3. The van der Waals surface area contributed by atoms with Crippen molar-refractivity contribution in [2.24, 2.45) is 5.92 Å². The van der Waals surface area contributed by atoms with E-state index in [1.54, 1.807) is 7.11 Å². The molecule has 0 aromatic carbocycles. The summed E-state index contributed by atoms with van der Waals surface area (Å²) in [5.74, 6) is 0.284. The van der Waals surface area contributed by atoms with Crippen LogP contribution in [0.3, 0.4) is 0 Å². The molecule has 0 amide bonds. The number of aromatic nitrogens is 1. The highest BCUT2D eigenvalue weighted by molar-refractivity contribution is 7.87. The first-order valence-electron chi connectivity index (χ1n) is 7.22. The smallest absolute Gasteiger partial charge is 0.279 e. The van der Waals surface area contributed by atoms with E-state index < -0.39 is 10.2 Å². The van der Waals surface area contributed by atoms with Gasteiger partial charge in [0.1, 0.15) is 5.01 Å². The summed E-state index contributed by atoms with van der Waals surface area (Å²) in [6, 6.07) is 0. The fourth-order valence-electron chi connectivity index (χ4n) is 2.45.